The summed E-state index contributed by atoms with van der Waals surface area (Å²) < 4.78 is 46.3. The smallest absolute Gasteiger partial charge is 0.422 e. The van der Waals surface area contributed by atoms with Crippen LogP contribution >= 0.6 is 0 Å². The molecule has 21 heavy (non-hydrogen) atoms. The summed E-state index contributed by atoms with van der Waals surface area (Å²) >= 11 is 0. The first kappa shape index (κ1) is 15.0. The number of pyridine rings is 1. The summed E-state index contributed by atoms with van der Waals surface area (Å²) in [6, 6.07) is 6.00. The van der Waals surface area contributed by atoms with Gasteiger partial charge in [-0.1, -0.05) is 0 Å². The van der Waals surface area contributed by atoms with Crippen molar-refractivity contribution in [3.05, 3.63) is 36.7 Å². The molecule has 0 saturated carbocycles. The average molecular weight is 298 g/mol. The van der Waals surface area contributed by atoms with Crippen LogP contribution in [0.2, 0.25) is 0 Å². The summed E-state index contributed by atoms with van der Waals surface area (Å²) in [6.07, 6.45) is -1.33. The van der Waals surface area contributed by atoms with E-state index < -0.39 is 12.8 Å². The van der Waals surface area contributed by atoms with Gasteiger partial charge in [0.05, 0.1) is 13.3 Å². The molecular weight excluding hydrogens is 285 g/mol. The number of benzene rings is 1. The number of nitrogens with zero attached hydrogens (tertiary/aromatic N) is 1. The topological polar surface area (TPSA) is 57.4 Å². The second kappa shape index (κ2) is 5.90. The molecule has 2 rings (SSSR count). The number of methoxy groups -OCH3 is 1. The van der Waals surface area contributed by atoms with E-state index in [9.17, 15) is 13.2 Å². The average Bonchev–Trinajstić information content (AvgIpc) is 2.45. The molecule has 0 aliphatic rings. The third kappa shape index (κ3) is 4.01. The number of halogens is 3. The van der Waals surface area contributed by atoms with Gasteiger partial charge < -0.3 is 15.2 Å². The second-order valence-corrected chi connectivity index (χ2v) is 4.27. The van der Waals surface area contributed by atoms with Gasteiger partial charge >= 0.3 is 6.18 Å². The van der Waals surface area contributed by atoms with Crippen LogP contribution in [0, 0.1) is 0 Å². The number of hydrogen-bond acceptors (Lipinski definition) is 4. The van der Waals surface area contributed by atoms with Crippen molar-refractivity contribution in [3.8, 4) is 22.6 Å². The fourth-order valence-corrected chi connectivity index (χ4v) is 1.72. The van der Waals surface area contributed by atoms with Gasteiger partial charge in [-0.05, 0) is 24.3 Å². The van der Waals surface area contributed by atoms with Crippen molar-refractivity contribution in [1.29, 1.82) is 0 Å². The monoisotopic (exact) mass is 298 g/mol. The van der Waals surface area contributed by atoms with Crippen LogP contribution in [0.15, 0.2) is 36.7 Å². The van der Waals surface area contributed by atoms with E-state index >= 15 is 0 Å². The zero-order valence-corrected chi connectivity index (χ0v) is 11.1. The summed E-state index contributed by atoms with van der Waals surface area (Å²) in [6.45, 7) is -1.35. The predicted molar refractivity (Wildman–Crippen MR) is 72.2 cm³/mol. The summed E-state index contributed by atoms with van der Waals surface area (Å²) in [5, 5.41) is 0. The van der Waals surface area contributed by atoms with E-state index in [2.05, 4.69) is 4.98 Å². The molecule has 112 valence electrons. The Balaban J connectivity index is 2.30. The molecule has 0 unspecified atom stereocenters. The molecule has 0 aliphatic heterocycles. The van der Waals surface area contributed by atoms with E-state index in [0.29, 0.717) is 22.6 Å². The first-order valence-corrected chi connectivity index (χ1v) is 5.97. The summed E-state index contributed by atoms with van der Waals surface area (Å²) in [5.41, 5.74) is 7.41. The molecule has 1 heterocycles. The van der Waals surface area contributed by atoms with Gasteiger partial charge in [-0.15, -0.1) is 0 Å². The van der Waals surface area contributed by atoms with Gasteiger partial charge in [0.2, 0.25) is 0 Å². The first-order valence-electron chi connectivity index (χ1n) is 5.97. The molecule has 0 saturated heterocycles. The number of nitrogens with two attached hydrogens (primary N) is 1. The molecule has 0 amide bonds. The lowest BCUT2D eigenvalue weighted by Gasteiger charge is -2.12. The Hall–Kier alpha value is -2.44. The van der Waals surface area contributed by atoms with E-state index in [1.165, 1.54) is 31.5 Å². The number of ether oxygens (including phenoxy) is 2. The molecule has 0 radical (unpaired) electrons. The van der Waals surface area contributed by atoms with E-state index in [1.54, 1.807) is 12.3 Å². The van der Waals surface area contributed by atoms with Crippen LogP contribution in [0.5, 0.6) is 11.5 Å². The number of nitrogen functional groups attached to an aromatic ring is 1. The highest BCUT2D eigenvalue weighted by molar-refractivity contribution is 5.77. The Morgan fingerprint density at radius 2 is 1.90 bits per heavy atom. The molecule has 2 N–H and O–H groups in total. The number of rotatable bonds is 4. The minimum absolute atomic E-state index is 0.0827. The van der Waals surface area contributed by atoms with Crippen LogP contribution in [0.4, 0.5) is 18.9 Å². The van der Waals surface area contributed by atoms with Crippen molar-refractivity contribution >= 4 is 5.69 Å². The van der Waals surface area contributed by atoms with E-state index in [0.717, 1.165) is 0 Å². The largest absolute Gasteiger partial charge is 0.495 e. The molecule has 4 nitrogen and oxygen atoms in total. The maximum atomic E-state index is 12.2. The van der Waals surface area contributed by atoms with Gasteiger partial charge in [-0.25, -0.2) is 0 Å². The minimum Gasteiger partial charge on any atom is -0.495 e. The standard InChI is InChI=1S/C14H13F3N2O2/c1-20-11-4-9(6-19-7-11)12-5-10(2-3-13(12)18)21-8-14(15,16)17/h2-7H,8,18H2,1H3. The van der Waals surface area contributed by atoms with Gasteiger partial charge in [-0.3, -0.25) is 4.98 Å². The summed E-state index contributed by atoms with van der Waals surface area (Å²) in [5.74, 6) is 0.604. The van der Waals surface area contributed by atoms with E-state index in [4.69, 9.17) is 15.2 Å². The van der Waals surface area contributed by atoms with E-state index in [-0.39, 0.29) is 5.75 Å². The highest BCUT2D eigenvalue weighted by atomic mass is 19.4. The molecule has 0 atom stereocenters. The zero-order valence-electron chi connectivity index (χ0n) is 11.1. The van der Waals surface area contributed by atoms with Crippen molar-refractivity contribution in [1.82, 2.24) is 4.98 Å². The molecule has 0 bridgehead atoms. The Bertz CT molecular complexity index is 630. The van der Waals surface area contributed by atoms with Crippen LogP contribution < -0.4 is 15.2 Å². The maximum absolute atomic E-state index is 12.2. The molecule has 0 fully saturated rings. The molecular formula is C14H13F3N2O2. The van der Waals surface area contributed by atoms with Crippen molar-refractivity contribution in [2.24, 2.45) is 0 Å². The predicted octanol–water partition coefficient (Wildman–Crippen LogP) is 3.28. The SMILES string of the molecule is COc1cncc(-c2cc(OCC(F)(F)F)ccc2N)c1. The summed E-state index contributed by atoms with van der Waals surface area (Å²) in [7, 11) is 1.49. The van der Waals surface area contributed by atoms with Crippen LogP contribution in [0.25, 0.3) is 11.1 Å². The maximum Gasteiger partial charge on any atom is 0.422 e. The molecule has 2 aromatic rings. The highest BCUT2D eigenvalue weighted by Crippen LogP contribution is 2.31. The summed E-state index contributed by atoms with van der Waals surface area (Å²) in [4.78, 5) is 3.99. The minimum atomic E-state index is -4.39. The lowest BCUT2D eigenvalue weighted by atomic mass is 10.1. The number of anilines is 1. The lowest BCUT2D eigenvalue weighted by Crippen LogP contribution is -2.19. The molecule has 7 heteroatoms. The number of hydrogen-bond donors (Lipinski definition) is 1. The van der Waals surface area contributed by atoms with Gasteiger partial charge in [-0.2, -0.15) is 13.2 Å². The van der Waals surface area contributed by atoms with Gasteiger partial charge in [0.15, 0.2) is 6.61 Å². The van der Waals surface area contributed by atoms with Gasteiger partial charge in [0, 0.05) is 23.0 Å². The third-order valence-corrected chi connectivity index (χ3v) is 2.69. The zero-order chi connectivity index (χ0) is 15.5. The first-order chi connectivity index (χ1) is 9.89. The fourth-order valence-electron chi connectivity index (χ4n) is 1.72. The quantitative estimate of drug-likeness (QED) is 0.880. The van der Waals surface area contributed by atoms with Crippen LogP contribution in [0.1, 0.15) is 0 Å². The van der Waals surface area contributed by atoms with Crippen LogP contribution in [-0.4, -0.2) is 24.9 Å². The molecule has 1 aromatic heterocycles. The number of aromatic nitrogens is 1. The second-order valence-electron chi connectivity index (χ2n) is 4.27. The van der Waals surface area contributed by atoms with Crippen LogP contribution in [0.3, 0.4) is 0 Å². The van der Waals surface area contributed by atoms with Gasteiger partial charge in [0.25, 0.3) is 0 Å². The van der Waals surface area contributed by atoms with Crippen molar-refractivity contribution in [3.63, 3.8) is 0 Å². The lowest BCUT2D eigenvalue weighted by molar-refractivity contribution is -0.153. The van der Waals surface area contributed by atoms with Crippen molar-refractivity contribution < 1.29 is 22.6 Å². The molecule has 0 aliphatic carbocycles. The van der Waals surface area contributed by atoms with Crippen molar-refractivity contribution in [2.75, 3.05) is 19.5 Å². The molecule has 1 aromatic carbocycles. The van der Waals surface area contributed by atoms with Crippen LogP contribution in [-0.2, 0) is 0 Å². The van der Waals surface area contributed by atoms with Gasteiger partial charge in [0.1, 0.15) is 11.5 Å². The highest BCUT2D eigenvalue weighted by Gasteiger charge is 2.28. The Morgan fingerprint density at radius 1 is 1.14 bits per heavy atom. The molecule has 0 spiro atoms. The Morgan fingerprint density at radius 3 is 2.57 bits per heavy atom. The third-order valence-electron chi connectivity index (χ3n) is 2.69. The van der Waals surface area contributed by atoms with Crippen molar-refractivity contribution in [2.45, 2.75) is 6.18 Å². The Labute approximate surface area is 119 Å². The normalized spacial score (nSPS) is 11.2. The Kier molecular flexibility index (Phi) is 4.21. The fraction of sp³-hybridized carbons (Fsp3) is 0.214. The number of alkyl halides is 3. The van der Waals surface area contributed by atoms with E-state index in [1.807, 2.05) is 0 Å².